The molecule has 0 radical (unpaired) electrons. The average Bonchev–Trinajstić information content (AvgIpc) is 3.13. The van der Waals surface area contributed by atoms with E-state index in [0.717, 1.165) is 17.7 Å². The first-order valence-electron chi connectivity index (χ1n) is 7.90. The molecule has 6 nitrogen and oxygen atoms in total. The Hall–Kier alpha value is -1.70. The predicted octanol–water partition coefficient (Wildman–Crippen LogP) is 2.27. The van der Waals surface area contributed by atoms with Gasteiger partial charge in [-0.25, -0.2) is 9.78 Å². The van der Waals surface area contributed by atoms with Crippen LogP contribution in [0, 0.1) is 12.8 Å². The van der Waals surface area contributed by atoms with E-state index in [1.165, 1.54) is 11.3 Å². The van der Waals surface area contributed by atoms with Crippen LogP contribution in [0.1, 0.15) is 24.1 Å². The largest absolute Gasteiger partial charge is 0.339 e. The standard InChI is InChI=1S/C15H21FN4O2S/c1-10-8-17-14(23-10)18-15(22)19-4-2-12(3-5-19)20-9-11(7-16)6-13(20)21/h8,11-12H,2-7,9H2,1H3,(H,17,18,22). The fourth-order valence-corrected chi connectivity index (χ4v) is 3.88. The number of carbonyl (C=O) groups is 2. The Morgan fingerprint density at radius 3 is 2.78 bits per heavy atom. The highest BCUT2D eigenvalue weighted by molar-refractivity contribution is 7.15. The lowest BCUT2D eigenvalue weighted by molar-refractivity contribution is -0.130. The van der Waals surface area contributed by atoms with Crippen molar-refractivity contribution in [2.45, 2.75) is 32.2 Å². The molecule has 0 aromatic carbocycles. The SMILES string of the molecule is Cc1cnc(NC(=O)N2CCC(N3CC(CF)CC3=O)CC2)s1. The van der Waals surface area contributed by atoms with E-state index >= 15 is 0 Å². The summed E-state index contributed by atoms with van der Waals surface area (Å²) in [6, 6.07) is -0.0163. The van der Waals surface area contributed by atoms with Crippen LogP contribution in [-0.2, 0) is 4.79 Å². The van der Waals surface area contributed by atoms with Gasteiger partial charge < -0.3 is 9.80 Å². The van der Waals surface area contributed by atoms with E-state index in [9.17, 15) is 14.0 Å². The molecule has 1 unspecified atom stereocenters. The molecule has 0 aliphatic carbocycles. The molecule has 3 rings (SSSR count). The molecule has 23 heavy (non-hydrogen) atoms. The first kappa shape index (κ1) is 16.2. The van der Waals surface area contributed by atoms with Gasteiger partial charge in [0.15, 0.2) is 5.13 Å². The van der Waals surface area contributed by atoms with Crippen molar-refractivity contribution < 1.29 is 14.0 Å². The molecular weight excluding hydrogens is 319 g/mol. The Bertz CT molecular complexity index is 586. The highest BCUT2D eigenvalue weighted by Gasteiger charge is 2.36. The van der Waals surface area contributed by atoms with Crippen molar-refractivity contribution in [3.8, 4) is 0 Å². The zero-order chi connectivity index (χ0) is 16.4. The summed E-state index contributed by atoms with van der Waals surface area (Å²) in [5, 5.41) is 3.41. The summed E-state index contributed by atoms with van der Waals surface area (Å²) in [6.45, 7) is 3.23. The molecule has 0 saturated carbocycles. The summed E-state index contributed by atoms with van der Waals surface area (Å²) in [5.74, 6) is -0.106. The molecular formula is C15H21FN4O2S. The van der Waals surface area contributed by atoms with Crippen molar-refractivity contribution in [3.05, 3.63) is 11.1 Å². The average molecular weight is 340 g/mol. The summed E-state index contributed by atoms with van der Waals surface area (Å²) >= 11 is 1.45. The van der Waals surface area contributed by atoms with E-state index < -0.39 is 6.67 Å². The molecule has 1 aromatic heterocycles. The molecule has 3 heterocycles. The maximum absolute atomic E-state index is 12.7. The van der Waals surface area contributed by atoms with Crippen LogP contribution in [0.4, 0.5) is 14.3 Å². The zero-order valence-electron chi connectivity index (χ0n) is 13.1. The number of piperidine rings is 1. The number of hydrogen-bond acceptors (Lipinski definition) is 4. The van der Waals surface area contributed by atoms with E-state index in [4.69, 9.17) is 0 Å². The molecule has 2 fully saturated rings. The summed E-state index contributed by atoms with van der Waals surface area (Å²) in [6.07, 6.45) is 3.54. The molecule has 8 heteroatoms. The lowest BCUT2D eigenvalue weighted by atomic mass is 10.0. The lowest BCUT2D eigenvalue weighted by Crippen LogP contribution is -2.48. The van der Waals surface area contributed by atoms with Crippen LogP contribution in [-0.4, -0.2) is 59.1 Å². The van der Waals surface area contributed by atoms with Crippen LogP contribution in [0.3, 0.4) is 0 Å². The van der Waals surface area contributed by atoms with Gasteiger partial charge in [-0.1, -0.05) is 0 Å². The Balaban J connectivity index is 1.50. The number of amides is 3. The van der Waals surface area contributed by atoms with Gasteiger partial charge in [-0.15, -0.1) is 11.3 Å². The van der Waals surface area contributed by atoms with Crippen LogP contribution in [0.15, 0.2) is 6.20 Å². The maximum Gasteiger partial charge on any atom is 0.323 e. The number of halogens is 1. The van der Waals surface area contributed by atoms with Gasteiger partial charge in [-0.3, -0.25) is 14.5 Å². The highest BCUT2D eigenvalue weighted by atomic mass is 32.1. The first-order chi connectivity index (χ1) is 11.1. The molecule has 1 atom stereocenters. The number of aryl methyl sites for hydroxylation is 1. The molecule has 2 aliphatic heterocycles. The molecule has 1 aromatic rings. The third-order valence-electron chi connectivity index (χ3n) is 4.48. The van der Waals surface area contributed by atoms with Gasteiger partial charge in [0.1, 0.15) is 0 Å². The topological polar surface area (TPSA) is 65.5 Å². The Labute approximate surface area is 138 Å². The number of nitrogens with one attached hydrogen (secondary N) is 1. The van der Waals surface area contributed by atoms with Crippen LogP contribution in [0.25, 0.3) is 0 Å². The Kier molecular flexibility index (Phi) is 4.79. The number of urea groups is 1. The van der Waals surface area contributed by atoms with Gasteiger partial charge in [0.05, 0.1) is 6.67 Å². The lowest BCUT2D eigenvalue weighted by Gasteiger charge is -2.36. The van der Waals surface area contributed by atoms with Gasteiger partial charge >= 0.3 is 6.03 Å². The van der Waals surface area contributed by atoms with Crippen LogP contribution >= 0.6 is 11.3 Å². The molecule has 2 aliphatic rings. The summed E-state index contributed by atoms with van der Waals surface area (Å²) in [5.41, 5.74) is 0. The second kappa shape index (κ2) is 6.82. The van der Waals surface area contributed by atoms with E-state index in [2.05, 4.69) is 10.3 Å². The molecule has 126 valence electrons. The van der Waals surface area contributed by atoms with Gasteiger partial charge in [0.2, 0.25) is 5.91 Å². The van der Waals surface area contributed by atoms with E-state index in [0.29, 0.717) is 31.2 Å². The van der Waals surface area contributed by atoms with Crippen LogP contribution in [0.5, 0.6) is 0 Å². The van der Waals surface area contributed by atoms with Gasteiger partial charge in [-0.05, 0) is 19.8 Å². The normalized spacial score (nSPS) is 22.7. The Morgan fingerprint density at radius 1 is 1.48 bits per heavy atom. The van der Waals surface area contributed by atoms with Crippen molar-refractivity contribution in [2.24, 2.45) is 5.92 Å². The third-order valence-corrected chi connectivity index (χ3v) is 5.31. The van der Waals surface area contributed by atoms with Crippen LogP contribution < -0.4 is 5.32 Å². The second-order valence-electron chi connectivity index (χ2n) is 6.19. The smallest absolute Gasteiger partial charge is 0.323 e. The number of thiazole rings is 1. The first-order valence-corrected chi connectivity index (χ1v) is 8.72. The number of aromatic nitrogens is 1. The predicted molar refractivity (Wildman–Crippen MR) is 86.3 cm³/mol. The van der Waals surface area contributed by atoms with Gasteiger partial charge in [-0.2, -0.15) is 0 Å². The molecule has 1 N–H and O–H groups in total. The monoisotopic (exact) mass is 340 g/mol. The molecule has 0 bridgehead atoms. The second-order valence-corrected chi connectivity index (χ2v) is 7.43. The van der Waals surface area contributed by atoms with Crippen molar-refractivity contribution in [2.75, 3.05) is 31.6 Å². The van der Waals surface area contributed by atoms with E-state index in [1.54, 1.807) is 11.1 Å². The number of rotatable bonds is 3. The number of nitrogens with zero attached hydrogens (tertiary/aromatic N) is 3. The molecule has 0 spiro atoms. The van der Waals surface area contributed by atoms with Crippen molar-refractivity contribution in [1.82, 2.24) is 14.8 Å². The van der Waals surface area contributed by atoms with Gasteiger partial charge in [0, 0.05) is 49.1 Å². The van der Waals surface area contributed by atoms with Crippen molar-refractivity contribution in [3.63, 3.8) is 0 Å². The Morgan fingerprint density at radius 2 is 2.22 bits per heavy atom. The zero-order valence-corrected chi connectivity index (χ0v) is 13.9. The fraction of sp³-hybridized carbons (Fsp3) is 0.667. The maximum atomic E-state index is 12.7. The minimum atomic E-state index is -0.434. The van der Waals surface area contributed by atoms with Crippen LogP contribution in [0.2, 0.25) is 0 Å². The summed E-state index contributed by atoms with van der Waals surface area (Å²) in [7, 11) is 0. The molecule has 2 saturated heterocycles. The quantitative estimate of drug-likeness (QED) is 0.918. The summed E-state index contributed by atoms with van der Waals surface area (Å²) < 4.78 is 12.7. The van der Waals surface area contributed by atoms with Gasteiger partial charge in [0.25, 0.3) is 0 Å². The van der Waals surface area contributed by atoms with Crippen molar-refractivity contribution >= 4 is 28.4 Å². The fourth-order valence-electron chi connectivity index (χ4n) is 3.23. The highest BCUT2D eigenvalue weighted by Crippen LogP contribution is 2.26. The molecule has 3 amide bonds. The summed E-state index contributed by atoms with van der Waals surface area (Å²) in [4.78, 5) is 32.9. The number of likely N-dealkylation sites (tertiary alicyclic amines) is 2. The van der Waals surface area contributed by atoms with Crippen molar-refractivity contribution in [1.29, 1.82) is 0 Å². The third kappa shape index (κ3) is 3.63. The number of carbonyl (C=O) groups excluding carboxylic acids is 2. The van der Waals surface area contributed by atoms with E-state index in [1.807, 2.05) is 11.8 Å². The number of alkyl halides is 1. The minimum absolute atomic E-state index is 0.0498. The minimum Gasteiger partial charge on any atom is -0.339 e. The number of anilines is 1. The van der Waals surface area contributed by atoms with E-state index in [-0.39, 0.29) is 23.9 Å². The number of hydrogen-bond donors (Lipinski definition) is 1.